The number of benzene rings is 2. The molecule has 8 heteroatoms. The van der Waals surface area contributed by atoms with Gasteiger partial charge in [0.15, 0.2) is 5.78 Å². The summed E-state index contributed by atoms with van der Waals surface area (Å²) in [6.07, 6.45) is 0.0810. The Kier molecular flexibility index (Phi) is 4.85. The Labute approximate surface area is 151 Å². The van der Waals surface area contributed by atoms with E-state index in [9.17, 15) is 18.0 Å². The van der Waals surface area contributed by atoms with Crippen LogP contribution >= 0.6 is 0 Å². The van der Waals surface area contributed by atoms with Crippen LogP contribution in [0.4, 0.5) is 5.69 Å². The van der Waals surface area contributed by atoms with Crippen LogP contribution in [0.25, 0.3) is 0 Å². The summed E-state index contributed by atoms with van der Waals surface area (Å²) >= 11 is 0. The van der Waals surface area contributed by atoms with E-state index in [1.165, 1.54) is 13.0 Å². The van der Waals surface area contributed by atoms with Crippen molar-refractivity contribution < 1.29 is 18.0 Å². The zero-order chi connectivity index (χ0) is 18.7. The van der Waals surface area contributed by atoms with Crippen molar-refractivity contribution in [3.05, 3.63) is 59.7 Å². The van der Waals surface area contributed by atoms with E-state index >= 15 is 0 Å². The normalized spacial score (nSPS) is 16.0. The van der Waals surface area contributed by atoms with Crippen LogP contribution in [-0.4, -0.2) is 32.5 Å². The van der Waals surface area contributed by atoms with Crippen LogP contribution in [0.3, 0.4) is 0 Å². The van der Waals surface area contributed by atoms with Gasteiger partial charge < -0.3 is 5.32 Å². The fraction of sp³-hybridized carbons (Fsp3) is 0.167. The third-order valence-corrected chi connectivity index (χ3v) is 5.22. The number of fused-ring (bicyclic) bond motifs is 1. The Bertz CT molecular complexity index is 1010. The number of sulfonamides is 1. The van der Waals surface area contributed by atoms with Crippen LogP contribution < -0.4 is 10.0 Å². The van der Waals surface area contributed by atoms with Crippen LogP contribution in [0.15, 0.2) is 58.4 Å². The Hall–Kier alpha value is -3.00. The molecule has 1 amide bonds. The van der Waals surface area contributed by atoms with Crippen molar-refractivity contribution in [1.29, 1.82) is 0 Å². The molecule has 0 saturated carbocycles. The number of amidine groups is 1. The van der Waals surface area contributed by atoms with Crippen LogP contribution in [0, 0.1) is 0 Å². The molecule has 1 heterocycles. The van der Waals surface area contributed by atoms with Gasteiger partial charge in [-0.25, -0.2) is 8.42 Å². The summed E-state index contributed by atoms with van der Waals surface area (Å²) < 4.78 is 26.4. The predicted octanol–water partition coefficient (Wildman–Crippen LogP) is 1.96. The summed E-state index contributed by atoms with van der Waals surface area (Å²) in [5.74, 6) is -0.115. The first kappa shape index (κ1) is 17.8. The van der Waals surface area contributed by atoms with Gasteiger partial charge in [0.1, 0.15) is 5.84 Å². The van der Waals surface area contributed by atoms with Gasteiger partial charge in [-0.05, 0) is 31.2 Å². The average Bonchev–Trinajstić information content (AvgIpc) is 2.86. The average molecular weight is 371 g/mol. The van der Waals surface area contributed by atoms with Crippen LogP contribution in [-0.2, 0) is 14.8 Å². The largest absolute Gasteiger partial charge is 0.326 e. The van der Waals surface area contributed by atoms with E-state index in [0.29, 0.717) is 16.8 Å². The summed E-state index contributed by atoms with van der Waals surface area (Å²) in [4.78, 5) is 27.8. The second-order valence-electron chi connectivity index (χ2n) is 5.77. The van der Waals surface area contributed by atoms with E-state index in [0.717, 1.165) is 0 Å². The number of ketones is 1. The van der Waals surface area contributed by atoms with Crippen molar-refractivity contribution in [2.45, 2.75) is 18.2 Å². The third-order valence-electron chi connectivity index (χ3n) is 3.82. The molecule has 0 atom stereocenters. The number of Topliss-reactive ketones (excluding diaryl/α,β-unsaturated/α-hetero) is 1. The van der Waals surface area contributed by atoms with Crippen molar-refractivity contribution in [2.24, 2.45) is 4.99 Å². The van der Waals surface area contributed by atoms with Gasteiger partial charge in [-0.3, -0.25) is 19.3 Å². The van der Waals surface area contributed by atoms with Crippen molar-refractivity contribution >= 4 is 33.2 Å². The van der Waals surface area contributed by atoms with Crippen molar-refractivity contribution in [1.82, 2.24) is 4.72 Å². The molecule has 134 valence electrons. The number of nitrogens with one attached hydrogen (secondary N) is 2. The molecule has 0 aliphatic carbocycles. The number of aliphatic imine (C=N–C) groups is 1. The lowest BCUT2D eigenvalue weighted by Gasteiger charge is -2.05. The summed E-state index contributed by atoms with van der Waals surface area (Å²) in [5.41, 5.74) is 1.55. The lowest BCUT2D eigenvalue weighted by molar-refractivity contribution is -0.116. The molecule has 0 unspecified atom stereocenters. The number of nitrogens with zero attached hydrogens (tertiary/aromatic N) is 1. The first-order valence-corrected chi connectivity index (χ1v) is 9.43. The number of rotatable bonds is 5. The summed E-state index contributed by atoms with van der Waals surface area (Å²) in [5, 5.41) is 2.70. The smallest absolute Gasteiger partial charge is 0.263 e. The quantitative estimate of drug-likeness (QED) is 0.784. The van der Waals surface area contributed by atoms with E-state index in [1.54, 1.807) is 42.5 Å². The van der Waals surface area contributed by atoms with Gasteiger partial charge >= 0.3 is 0 Å². The molecule has 1 aliphatic rings. The minimum atomic E-state index is -3.58. The highest BCUT2D eigenvalue weighted by atomic mass is 32.2. The number of anilines is 1. The molecule has 0 spiro atoms. The molecule has 0 saturated heterocycles. The van der Waals surface area contributed by atoms with Gasteiger partial charge in [0, 0.05) is 23.2 Å². The maximum absolute atomic E-state index is 12.0. The van der Waals surface area contributed by atoms with Gasteiger partial charge in [-0.1, -0.05) is 24.3 Å². The molecule has 0 fully saturated rings. The molecule has 0 radical (unpaired) electrons. The van der Waals surface area contributed by atoms with Gasteiger partial charge in [0.05, 0.1) is 11.4 Å². The zero-order valence-electron chi connectivity index (χ0n) is 14.0. The second kappa shape index (κ2) is 7.09. The van der Waals surface area contributed by atoms with E-state index in [2.05, 4.69) is 15.0 Å². The minimum absolute atomic E-state index is 0.0810. The molecule has 2 aromatic rings. The number of carbonyl (C=O) groups excluding carboxylic acids is 2. The maximum Gasteiger partial charge on any atom is 0.263 e. The predicted molar refractivity (Wildman–Crippen MR) is 97.9 cm³/mol. The van der Waals surface area contributed by atoms with Gasteiger partial charge in [-0.15, -0.1) is 0 Å². The highest BCUT2D eigenvalue weighted by Crippen LogP contribution is 2.22. The summed E-state index contributed by atoms with van der Waals surface area (Å²) in [6, 6.07) is 13.2. The van der Waals surface area contributed by atoms with Gasteiger partial charge in [0.25, 0.3) is 10.0 Å². The molecule has 3 rings (SSSR count). The van der Waals surface area contributed by atoms with Gasteiger partial charge in [-0.2, -0.15) is 0 Å². The number of carbonyl (C=O) groups is 2. The number of hydrogen-bond donors (Lipinski definition) is 2. The summed E-state index contributed by atoms with van der Waals surface area (Å²) in [7, 11) is -3.58. The second-order valence-corrected chi connectivity index (χ2v) is 7.42. The van der Waals surface area contributed by atoms with E-state index < -0.39 is 10.0 Å². The highest BCUT2D eigenvalue weighted by molar-refractivity contribution is 7.90. The number of amides is 1. The Morgan fingerprint density at radius 3 is 2.65 bits per heavy atom. The van der Waals surface area contributed by atoms with Crippen LogP contribution in [0.5, 0.6) is 0 Å². The first-order chi connectivity index (χ1) is 12.4. The van der Waals surface area contributed by atoms with Crippen LogP contribution in [0.1, 0.15) is 29.3 Å². The maximum atomic E-state index is 12.0. The lowest BCUT2D eigenvalue weighted by Crippen LogP contribution is -2.23. The Morgan fingerprint density at radius 1 is 1.12 bits per heavy atom. The molecular formula is C18H17N3O4S. The van der Waals surface area contributed by atoms with Crippen molar-refractivity contribution in [3.63, 3.8) is 0 Å². The lowest BCUT2D eigenvalue weighted by atomic mass is 10.1. The highest BCUT2D eigenvalue weighted by Gasteiger charge is 2.29. The van der Waals surface area contributed by atoms with E-state index in [1.807, 2.05) is 0 Å². The van der Waals surface area contributed by atoms with E-state index in [4.69, 9.17) is 0 Å². The Balaban J connectivity index is 1.63. The molecule has 2 N–H and O–H groups in total. The van der Waals surface area contributed by atoms with Crippen molar-refractivity contribution in [3.8, 4) is 0 Å². The zero-order valence-corrected chi connectivity index (χ0v) is 14.8. The summed E-state index contributed by atoms with van der Waals surface area (Å²) in [6.45, 7) is 1.59. The molecule has 2 aromatic carbocycles. The first-order valence-electron chi connectivity index (χ1n) is 7.94. The number of hydrogen-bond acceptors (Lipinski definition) is 5. The topological polar surface area (TPSA) is 105 Å². The monoisotopic (exact) mass is 371 g/mol. The van der Waals surface area contributed by atoms with Gasteiger partial charge in [0.2, 0.25) is 5.91 Å². The molecule has 1 aliphatic heterocycles. The molecule has 7 nitrogen and oxygen atoms in total. The Morgan fingerprint density at radius 2 is 1.88 bits per heavy atom. The fourth-order valence-corrected chi connectivity index (χ4v) is 3.81. The molecular weight excluding hydrogens is 354 g/mol. The SMILES string of the molecule is CC(=O)c1cccc(NC(=O)CCN=C2NS(=O)(=O)c3ccccc32)c1. The minimum Gasteiger partial charge on any atom is -0.326 e. The third kappa shape index (κ3) is 3.80. The molecule has 0 bridgehead atoms. The molecule has 26 heavy (non-hydrogen) atoms. The van der Waals surface area contributed by atoms with Crippen LogP contribution in [0.2, 0.25) is 0 Å². The van der Waals surface area contributed by atoms with Crippen molar-refractivity contribution in [2.75, 3.05) is 11.9 Å². The fourth-order valence-electron chi connectivity index (χ4n) is 2.56. The van der Waals surface area contributed by atoms with E-state index in [-0.39, 0.29) is 35.4 Å². The molecule has 0 aromatic heterocycles. The standard InChI is InChI=1S/C18H17N3O4S/c1-12(22)13-5-4-6-14(11-13)20-17(23)9-10-19-18-15-7-2-3-8-16(15)26(24,25)21-18/h2-8,11H,9-10H2,1H3,(H,19,21)(H,20,23).